The maximum absolute atomic E-state index is 12.3. The van der Waals surface area contributed by atoms with Gasteiger partial charge in [-0.1, -0.05) is 29.4 Å². The van der Waals surface area contributed by atoms with Crippen molar-refractivity contribution >= 4 is 34.3 Å². The van der Waals surface area contributed by atoms with E-state index < -0.39 is 0 Å². The van der Waals surface area contributed by atoms with Gasteiger partial charge in [0, 0.05) is 28.5 Å². The number of methoxy groups -OCH3 is 1. The summed E-state index contributed by atoms with van der Waals surface area (Å²) in [4.78, 5) is 20.0. The van der Waals surface area contributed by atoms with Gasteiger partial charge in [0.15, 0.2) is 11.3 Å². The second-order valence-corrected chi connectivity index (χ2v) is 7.15. The van der Waals surface area contributed by atoms with Crippen LogP contribution >= 0.6 is 23.4 Å². The summed E-state index contributed by atoms with van der Waals surface area (Å²) in [7, 11) is 1.63. The molecule has 2 aromatic heterocycles. The highest BCUT2D eigenvalue weighted by atomic mass is 35.5. The zero-order valence-corrected chi connectivity index (χ0v) is 15.9. The second-order valence-electron chi connectivity index (χ2n) is 5.80. The molecule has 0 aliphatic carbocycles. The van der Waals surface area contributed by atoms with Crippen LogP contribution in [0, 0.1) is 0 Å². The average Bonchev–Trinajstić information content (AvgIpc) is 3.16. The van der Waals surface area contributed by atoms with Crippen LogP contribution in [-0.2, 0) is 5.75 Å². The number of nitrogens with zero attached hydrogens (tertiary/aromatic N) is 2. The van der Waals surface area contributed by atoms with Crippen LogP contribution in [0.5, 0.6) is 5.75 Å². The lowest BCUT2D eigenvalue weighted by atomic mass is 10.2. The highest BCUT2D eigenvalue weighted by molar-refractivity contribution is 7.98. The minimum Gasteiger partial charge on any atom is -0.497 e. The summed E-state index contributed by atoms with van der Waals surface area (Å²) in [6.07, 6.45) is 0. The van der Waals surface area contributed by atoms with Crippen LogP contribution in [0.15, 0.2) is 58.5 Å². The van der Waals surface area contributed by atoms with E-state index in [0.29, 0.717) is 32.7 Å². The Labute approximate surface area is 163 Å². The van der Waals surface area contributed by atoms with Crippen molar-refractivity contribution in [3.63, 3.8) is 0 Å². The Hall–Kier alpha value is -2.77. The number of ether oxygens (including phenoxy) is 1. The number of para-hydroxylation sites is 1. The number of hydrogen-bond donors (Lipinski definition) is 2. The van der Waals surface area contributed by atoms with E-state index in [1.54, 1.807) is 31.4 Å². The Bertz CT molecular complexity index is 1150. The molecule has 27 heavy (non-hydrogen) atoms. The van der Waals surface area contributed by atoms with Crippen molar-refractivity contribution in [3.05, 3.63) is 69.5 Å². The van der Waals surface area contributed by atoms with Crippen LogP contribution in [0.3, 0.4) is 0 Å². The molecule has 8 heteroatoms. The summed E-state index contributed by atoms with van der Waals surface area (Å²) in [6.45, 7) is 0. The second kappa shape index (κ2) is 7.46. The van der Waals surface area contributed by atoms with E-state index in [1.807, 2.05) is 24.3 Å². The van der Waals surface area contributed by atoms with E-state index in [-0.39, 0.29) is 5.43 Å². The van der Waals surface area contributed by atoms with Gasteiger partial charge in [-0.3, -0.25) is 9.89 Å². The van der Waals surface area contributed by atoms with Crippen molar-refractivity contribution in [2.45, 2.75) is 10.9 Å². The van der Waals surface area contributed by atoms with Crippen LogP contribution < -0.4 is 10.2 Å². The van der Waals surface area contributed by atoms with Crippen LogP contribution in [0.1, 0.15) is 5.69 Å². The molecule has 4 aromatic rings. The lowest BCUT2D eigenvalue weighted by Crippen LogP contribution is -2.04. The van der Waals surface area contributed by atoms with E-state index in [0.717, 1.165) is 17.0 Å². The van der Waals surface area contributed by atoms with Gasteiger partial charge < -0.3 is 9.72 Å². The van der Waals surface area contributed by atoms with Crippen molar-refractivity contribution in [3.8, 4) is 17.1 Å². The Morgan fingerprint density at radius 1 is 1.19 bits per heavy atom. The number of rotatable bonds is 5. The first kappa shape index (κ1) is 17.6. The van der Waals surface area contributed by atoms with Gasteiger partial charge in [0.1, 0.15) is 5.75 Å². The van der Waals surface area contributed by atoms with E-state index >= 15 is 0 Å². The number of thioether (sulfide) groups is 1. The Balaban J connectivity index is 1.52. The summed E-state index contributed by atoms with van der Waals surface area (Å²) in [5.41, 5.74) is 2.27. The standard InChI is InChI=1S/C19H15ClN4O2S/c1-26-13-7-5-11(6-8-13)18-22-19(24-23-18)27-10-12-9-16(25)14-3-2-4-15(20)17(14)21-12/h2-9H,10H2,1H3,(H,21,25)(H,22,23,24). The predicted molar refractivity (Wildman–Crippen MR) is 108 cm³/mol. The molecule has 2 heterocycles. The lowest BCUT2D eigenvalue weighted by Gasteiger charge is -2.04. The molecule has 0 unspecified atom stereocenters. The smallest absolute Gasteiger partial charge is 0.209 e. The van der Waals surface area contributed by atoms with Gasteiger partial charge in [-0.2, -0.15) is 0 Å². The fourth-order valence-corrected chi connectivity index (χ4v) is 3.63. The first-order chi connectivity index (χ1) is 13.1. The third-order valence-corrected chi connectivity index (χ3v) is 5.27. The molecule has 0 saturated carbocycles. The van der Waals surface area contributed by atoms with Crippen molar-refractivity contribution < 1.29 is 4.74 Å². The monoisotopic (exact) mass is 398 g/mol. The number of hydrogen-bond acceptors (Lipinski definition) is 5. The number of fused-ring (bicyclic) bond motifs is 1. The minimum atomic E-state index is -0.0595. The summed E-state index contributed by atoms with van der Waals surface area (Å²) in [5, 5.41) is 8.86. The summed E-state index contributed by atoms with van der Waals surface area (Å²) in [5.74, 6) is 1.98. The molecule has 0 aliphatic rings. The molecule has 2 aromatic carbocycles. The van der Waals surface area contributed by atoms with Gasteiger partial charge in [0.25, 0.3) is 0 Å². The molecule has 0 atom stereocenters. The van der Waals surface area contributed by atoms with Crippen LogP contribution in [0.25, 0.3) is 22.3 Å². The zero-order valence-electron chi connectivity index (χ0n) is 14.3. The zero-order chi connectivity index (χ0) is 18.8. The molecule has 0 aliphatic heterocycles. The van der Waals surface area contributed by atoms with Gasteiger partial charge in [-0.25, -0.2) is 4.98 Å². The van der Waals surface area contributed by atoms with Gasteiger partial charge in [-0.05, 0) is 36.4 Å². The Kier molecular flexibility index (Phi) is 4.87. The predicted octanol–water partition coefficient (Wildman–Crippen LogP) is 4.27. The number of aromatic nitrogens is 4. The molecule has 0 amide bonds. The normalized spacial score (nSPS) is 11.0. The quantitative estimate of drug-likeness (QED) is 0.490. The summed E-state index contributed by atoms with van der Waals surface area (Å²) in [6, 6.07) is 14.4. The topological polar surface area (TPSA) is 83.7 Å². The van der Waals surface area contributed by atoms with Gasteiger partial charge in [0.2, 0.25) is 5.16 Å². The van der Waals surface area contributed by atoms with Crippen molar-refractivity contribution in [1.29, 1.82) is 0 Å². The molecule has 136 valence electrons. The third-order valence-electron chi connectivity index (χ3n) is 4.06. The SMILES string of the molecule is COc1ccc(-c2nc(SCc3cc(=O)c4cccc(Cl)c4[nH]3)n[nH]2)cc1. The van der Waals surface area contributed by atoms with E-state index in [1.165, 1.54) is 11.8 Å². The van der Waals surface area contributed by atoms with Gasteiger partial charge >= 0.3 is 0 Å². The molecule has 0 spiro atoms. The van der Waals surface area contributed by atoms with Gasteiger partial charge in [0.05, 0.1) is 17.6 Å². The number of nitrogens with one attached hydrogen (secondary N) is 2. The highest BCUT2D eigenvalue weighted by Crippen LogP contribution is 2.24. The molecule has 0 fully saturated rings. The molecule has 0 bridgehead atoms. The fourth-order valence-electron chi connectivity index (χ4n) is 2.70. The molecule has 4 rings (SSSR count). The maximum Gasteiger partial charge on any atom is 0.209 e. The maximum atomic E-state index is 12.3. The van der Waals surface area contributed by atoms with Crippen LogP contribution in [0.2, 0.25) is 5.02 Å². The molecule has 2 N–H and O–H groups in total. The number of aromatic amines is 2. The highest BCUT2D eigenvalue weighted by Gasteiger charge is 2.09. The number of pyridine rings is 1. The number of halogens is 1. The van der Waals surface area contributed by atoms with Crippen molar-refractivity contribution in [1.82, 2.24) is 20.2 Å². The fraction of sp³-hybridized carbons (Fsp3) is 0.105. The van der Waals surface area contributed by atoms with E-state index in [2.05, 4.69) is 20.2 Å². The first-order valence-electron chi connectivity index (χ1n) is 8.14. The Morgan fingerprint density at radius 2 is 2.00 bits per heavy atom. The number of benzene rings is 2. The first-order valence-corrected chi connectivity index (χ1v) is 9.50. The molecular weight excluding hydrogens is 384 g/mol. The third kappa shape index (κ3) is 3.70. The van der Waals surface area contributed by atoms with E-state index in [9.17, 15) is 4.79 Å². The van der Waals surface area contributed by atoms with Crippen molar-refractivity contribution in [2.75, 3.05) is 7.11 Å². The van der Waals surface area contributed by atoms with Crippen LogP contribution in [-0.4, -0.2) is 27.3 Å². The molecular formula is C19H15ClN4O2S. The lowest BCUT2D eigenvalue weighted by molar-refractivity contribution is 0.415. The average molecular weight is 399 g/mol. The number of H-pyrrole nitrogens is 2. The molecule has 0 saturated heterocycles. The molecule has 0 radical (unpaired) electrons. The van der Waals surface area contributed by atoms with Gasteiger partial charge in [-0.15, -0.1) is 5.10 Å². The Morgan fingerprint density at radius 3 is 2.78 bits per heavy atom. The molecule has 6 nitrogen and oxygen atoms in total. The summed E-state index contributed by atoms with van der Waals surface area (Å²) < 4.78 is 5.16. The van der Waals surface area contributed by atoms with E-state index in [4.69, 9.17) is 16.3 Å². The minimum absolute atomic E-state index is 0.0595. The summed E-state index contributed by atoms with van der Waals surface area (Å²) >= 11 is 7.62. The largest absolute Gasteiger partial charge is 0.497 e. The van der Waals surface area contributed by atoms with Crippen LogP contribution in [0.4, 0.5) is 0 Å². The van der Waals surface area contributed by atoms with Crippen molar-refractivity contribution in [2.24, 2.45) is 0 Å².